The zero-order valence-electron chi connectivity index (χ0n) is 20.1. The van der Waals surface area contributed by atoms with Gasteiger partial charge in [-0.05, 0) is 55.5 Å². The highest BCUT2D eigenvalue weighted by Gasteiger charge is 2.52. The first-order valence-electron chi connectivity index (χ1n) is 11.1. The van der Waals surface area contributed by atoms with E-state index >= 15 is 0 Å². The van der Waals surface area contributed by atoms with Crippen LogP contribution >= 0.6 is 30.5 Å². The van der Waals surface area contributed by atoms with Crippen LogP contribution in [0.25, 0.3) is 0 Å². The van der Waals surface area contributed by atoms with E-state index in [0.29, 0.717) is 11.0 Å². The van der Waals surface area contributed by atoms with Crippen molar-refractivity contribution in [2.75, 3.05) is 0 Å². The van der Waals surface area contributed by atoms with E-state index in [4.69, 9.17) is 41.8 Å². The highest BCUT2D eigenvalue weighted by molar-refractivity contribution is 7.99. The molecule has 0 saturated carbocycles. The second kappa shape index (κ2) is 13.3. The van der Waals surface area contributed by atoms with Crippen molar-refractivity contribution < 1.29 is 33.7 Å². The predicted octanol–water partition coefficient (Wildman–Crippen LogP) is 1.57. The number of rotatable bonds is 6. The van der Waals surface area contributed by atoms with E-state index in [9.17, 15) is 4.79 Å². The van der Waals surface area contributed by atoms with Crippen LogP contribution in [0.2, 0.25) is 0 Å². The molecule has 0 spiro atoms. The molecule has 1 amide bonds. The Balaban J connectivity index is 0.000000732. The summed E-state index contributed by atoms with van der Waals surface area (Å²) in [6, 6.07) is 37.8. The molecule has 38 heavy (non-hydrogen) atoms. The largest absolute Gasteiger partial charge is 0.290 e. The van der Waals surface area contributed by atoms with Crippen LogP contribution in [0.5, 0.6) is 0 Å². The monoisotopic (exact) mass is 589 g/mol. The predicted molar refractivity (Wildman–Crippen MR) is 143 cm³/mol. The van der Waals surface area contributed by atoms with Crippen molar-refractivity contribution in [3.8, 4) is 0 Å². The Labute approximate surface area is 233 Å². The molecular formula is C28H23Cl3NO5P. The van der Waals surface area contributed by atoms with Gasteiger partial charge < -0.3 is 0 Å². The third-order valence-corrected chi connectivity index (χ3v) is 10.4. The molecule has 0 fully saturated rings. The Morgan fingerprint density at radius 1 is 0.658 bits per heavy atom. The standard InChI is InChI=1S/C28H22Cl2NOP.ClHO4/c1-21-17-19-22(20-18-21)27(32)31-28(26(29)30)33(23-11-5-2-6-12-23,24-13-7-3-8-14-24)25-15-9-4-10-16-25;2-1(3,4)5/h2-20H,1H3;(H,2,3,4,5). The highest BCUT2D eigenvalue weighted by atomic mass is 35.7. The summed E-state index contributed by atoms with van der Waals surface area (Å²) in [6.07, 6.45) is 0. The lowest BCUT2D eigenvalue weighted by atomic mass is 10.1. The van der Waals surface area contributed by atoms with Gasteiger partial charge in [0.25, 0.3) is 5.91 Å². The molecule has 0 radical (unpaired) electrons. The van der Waals surface area contributed by atoms with Crippen molar-refractivity contribution in [3.63, 3.8) is 0 Å². The number of benzene rings is 4. The van der Waals surface area contributed by atoms with E-state index in [0.717, 1.165) is 21.5 Å². The number of carbonyl (C=O) groups is 1. The molecule has 0 bridgehead atoms. The number of hydrogen-bond acceptors (Lipinski definition) is 5. The molecule has 4 aromatic carbocycles. The molecule has 0 aromatic heterocycles. The van der Waals surface area contributed by atoms with Crippen molar-refractivity contribution in [2.24, 2.45) is 0 Å². The minimum absolute atomic E-state index is 0.0420. The van der Waals surface area contributed by atoms with E-state index in [1.807, 2.05) is 73.7 Å². The summed E-state index contributed by atoms with van der Waals surface area (Å²) in [5, 5.41) is 6.24. The molecule has 0 aliphatic heterocycles. The number of nitrogens with one attached hydrogen (secondary N) is 1. The first-order chi connectivity index (χ1) is 18.0. The number of hydrogen-bond donors (Lipinski definition) is 1. The zero-order chi connectivity index (χ0) is 27.8. The SMILES string of the molecule is Cc1ccc(C(=O)NC(=C(Cl)Cl)[P+](c2ccccc2)(c2ccccc2)c2ccccc2)cc1.[O-][Cl+3]([O-])([O-])[O-]. The molecule has 0 heterocycles. The lowest BCUT2D eigenvalue weighted by Gasteiger charge is -2.29. The van der Waals surface area contributed by atoms with Gasteiger partial charge in [-0.3, -0.25) is 10.1 Å². The van der Waals surface area contributed by atoms with E-state index in [1.54, 1.807) is 12.1 Å². The van der Waals surface area contributed by atoms with Crippen LogP contribution in [0.3, 0.4) is 0 Å². The van der Waals surface area contributed by atoms with Crippen LogP contribution in [-0.2, 0) is 0 Å². The van der Waals surface area contributed by atoms with Gasteiger partial charge in [0, 0.05) is 5.56 Å². The van der Waals surface area contributed by atoms with E-state index in [1.165, 1.54) is 0 Å². The number of carbonyl (C=O) groups excluding carboxylic acids is 1. The van der Waals surface area contributed by atoms with Crippen LogP contribution < -0.4 is 39.9 Å². The molecule has 4 aromatic rings. The number of aryl methyl sites for hydroxylation is 1. The summed E-state index contributed by atoms with van der Waals surface area (Å²) in [6.45, 7) is 1.99. The van der Waals surface area contributed by atoms with Gasteiger partial charge in [-0.1, -0.05) is 95.5 Å². The molecular weight excluding hydrogens is 568 g/mol. The van der Waals surface area contributed by atoms with Gasteiger partial charge in [-0.25, -0.2) is 18.6 Å². The molecule has 0 atom stereocenters. The van der Waals surface area contributed by atoms with Crippen LogP contribution in [-0.4, -0.2) is 5.91 Å². The molecule has 196 valence electrons. The molecule has 4 rings (SSSR count). The summed E-state index contributed by atoms with van der Waals surface area (Å²) in [5.41, 5.74) is 2.14. The average Bonchev–Trinajstić information content (AvgIpc) is 2.90. The normalized spacial score (nSPS) is 11.1. The quantitative estimate of drug-likeness (QED) is 0.342. The maximum Gasteiger partial charge on any atom is 0.258 e. The molecule has 0 aliphatic rings. The van der Waals surface area contributed by atoms with Crippen molar-refractivity contribution in [1.82, 2.24) is 5.32 Å². The Morgan fingerprint density at radius 3 is 1.32 bits per heavy atom. The van der Waals surface area contributed by atoms with Gasteiger partial charge in [0.15, 0.2) is 11.8 Å². The minimum Gasteiger partial charge on any atom is -0.290 e. The summed E-state index contributed by atoms with van der Waals surface area (Å²) in [7, 11) is -7.56. The average molecular weight is 591 g/mol. The fourth-order valence-corrected chi connectivity index (χ4v) is 8.84. The van der Waals surface area contributed by atoms with Crippen molar-refractivity contribution >= 4 is 52.3 Å². The van der Waals surface area contributed by atoms with Gasteiger partial charge in [0.2, 0.25) is 5.44 Å². The molecule has 0 aliphatic carbocycles. The summed E-state index contributed by atoms with van der Waals surface area (Å²) >= 11 is 13.2. The molecule has 0 unspecified atom stereocenters. The summed E-state index contributed by atoms with van der Waals surface area (Å²) < 4.78 is 34.0. The van der Waals surface area contributed by atoms with E-state index in [2.05, 4.69) is 41.7 Å². The molecule has 0 saturated heterocycles. The van der Waals surface area contributed by atoms with Gasteiger partial charge >= 0.3 is 0 Å². The van der Waals surface area contributed by atoms with Gasteiger partial charge in [-0.15, -0.1) is 10.2 Å². The molecule has 6 nitrogen and oxygen atoms in total. The molecule has 1 N–H and O–H groups in total. The van der Waals surface area contributed by atoms with Crippen LogP contribution in [0.4, 0.5) is 0 Å². The van der Waals surface area contributed by atoms with E-state index in [-0.39, 0.29) is 10.4 Å². The number of halogens is 3. The van der Waals surface area contributed by atoms with Crippen molar-refractivity contribution in [2.45, 2.75) is 6.92 Å². The summed E-state index contributed by atoms with van der Waals surface area (Å²) in [4.78, 5) is 13.4. The Hall–Kier alpha value is -2.77. The maximum atomic E-state index is 13.4. The fraction of sp³-hybridized carbons (Fsp3) is 0.0357. The smallest absolute Gasteiger partial charge is 0.258 e. The first-order valence-corrected chi connectivity index (χ1v) is 14.9. The van der Waals surface area contributed by atoms with Crippen LogP contribution in [0.1, 0.15) is 15.9 Å². The lowest BCUT2D eigenvalue weighted by Crippen LogP contribution is -2.68. The van der Waals surface area contributed by atoms with E-state index < -0.39 is 17.5 Å². The third-order valence-electron chi connectivity index (χ3n) is 5.49. The van der Waals surface area contributed by atoms with Gasteiger partial charge in [0.05, 0.1) is 0 Å². The Bertz CT molecular complexity index is 1260. The summed E-state index contributed by atoms with van der Waals surface area (Å²) in [5.74, 6) is -0.254. The Kier molecular flexibility index (Phi) is 10.5. The van der Waals surface area contributed by atoms with Crippen LogP contribution in [0, 0.1) is 17.2 Å². The van der Waals surface area contributed by atoms with Gasteiger partial charge in [0.1, 0.15) is 15.9 Å². The lowest BCUT2D eigenvalue weighted by molar-refractivity contribution is -2.00. The van der Waals surface area contributed by atoms with Gasteiger partial charge in [-0.2, -0.15) is 0 Å². The first kappa shape index (κ1) is 29.8. The highest BCUT2D eigenvalue weighted by Crippen LogP contribution is 2.63. The minimum atomic E-state index is -4.94. The maximum absolute atomic E-state index is 13.4. The second-order valence-corrected chi connectivity index (χ2v) is 13.0. The molecule has 10 heteroatoms. The van der Waals surface area contributed by atoms with Crippen molar-refractivity contribution in [1.29, 1.82) is 0 Å². The fourth-order valence-electron chi connectivity index (χ4n) is 3.93. The zero-order valence-corrected chi connectivity index (χ0v) is 23.3. The topological polar surface area (TPSA) is 121 Å². The van der Waals surface area contributed by atoms with Crippen LogP contribution in [0.15, 0.2) is 125 Å². The second-order valence-electron chi connectivity index (χ2n) is 7.98. The number of amides is 1. The third kappa shape index (κ3) is 7.64. The van der Waals surface area contributed by atoms with Crippen molar-refractivity contribution in [3.05, 3.63) is 136 Å². The Morgan fingerprint density at radius 2 is 1.00 bits per heavy atom.